The fourth-order valence-electron chi connectivity index (χ4n) is 2.42. The Hall–Kier alpha value is -1.79. The molecule has 1 saturated heterocycles. The van der Waals surface area contributed by atoms with Crippen LogP contribution in [0.5, 0.6) is 5.75 Å². The van der Waals surface area contributed by atoms with Crippen molar-refractivity contribution in [3.8, 4) is 5.75 Å². The molecule has 116 valence electrons. The lowest BCUT2D eigenvalue weighted by molar-refractivity contribution is -0.123. The van der Waals surface area contributed by atoms with E-state index in [1.54, 1.807) is 25.3 Å². The van der Waals surface area contributed by atoms with Crippen LogP contribution in [-0.4, -0.2) is 49.8 Å². The molecule has 6 heteroatoms. The third-order valence-electron chi connectivity index (χ3n) is 3.68. The van der Waals surface area contributed by atoms with Crippen molar-refractivity contribution in [3.63, 3.8) is 0 Å². The third kappa shape index (κ3) is 3.86. The predicted octanol–water partition coefficient (Wildman–Crippen LogP) is 1.33. The van der Waals surface area contributed by atoms with Crippen LogP contribution in [0, 0.1) is 0 Å². The van der Waals surface area contributed by atoms with Crippen molar-refractivity contribution in [2.24, 2.45) is 0 Å². The summed E-state index contributed by atoms with van der Waals surface area (Å²) in [7, 11) is 1.56. The summed E-state index contributed by atoms with van der Waals surface area (Å²) in [5.74, 6) is 0.521. The second-order valence-electron chi connectivity index (χ2n) is 5.30. The number of hydrogen-bond donors (Lipinski definition) is 2. The van der Waals surface area contributed by atoms with E-state index < -0.39 is 0 Å². The molecule has 2 atom stereocenters. The first-order valence-electron chi connectivity index (χ1n) is 7.11. The largest absolute Gasteiger partial charge is 0.495 e. The summed E-state index contributed by atoms with van der Waals surface area (Å²) in [4.78, 5) is 14.5. The van der Waals surface area contributed by atoms with Gasteiger partial charge in [-0.1, -0.05) is 0 Å². The van der Waals surface area contributed by atoms with Crippen molar-refractivity contribution in [1.82, 2.24) is 4.90 Å². The highest BCUT2D eigenvalue weighted by Gasteiger charge is 2.26. The summed E-state index contributed by atoms with van der Waals surface area (Å²) in [5, 5.41) is 2.89. The Morgan fingerprint density at radius 1 is 1.57 bits per heavy atom. The van der Waals surface area contributed by atoms with Crippen LogP contribution in [0.2, 0.25) is 0 Å². The van der Waals surface area contributed by atoms with Crippen LogP contribution >= 0.6 is 0 Å². The summed E-state index contributed by atoms with van der Waals surface area (Å²) < 4.78 is 10.7. The number of benzene rings is 1. The summed E-state index contributed by atoms with van der Waals surface area (Å²) in [6.07, 6.45) is 0.149. The van der Waals surface area contributed by atoms with Crippen LogP contribution in [0.15, 0.2) is 18.2 Å². The minimum absolute atomic E-state index is 0.0759. The zero-order valence-electron chi connectivity index (χ0n) is 12.8. The molecule has 0 saturated carbocycles. The molecule has 0 aromatic heterocycles. The fraction of sp³-hybridized carbons (Fsp3) is 0.533. The highest BCUT2D eigenvalue weighted by Crippen LogP contribution is 2.26. The highest BCUT2D eigenvalue weighted by molar-refractivity contribution is 5.96. The first kappa shape index (κ1) is 15.6. The molecule has 1 heterocycles. The summed E-state index contributed by atoms with van der Waals surface area (Å²) in [5.41, 5.74) is 6.94. The van der Waals surface area contributed by atoms with Crippen molar-refractivity contribution in [2.75, 3.05) is 37.9 Å². The number of nitrogens with one attached hydrogen (secondary N) is 1. The Morgan fingerprint density at radius 3 is 3.00 bits per heavy atom. The van der Waals surface area contributed by atoms with Gasteiger partial charge in [0.15, 0.2) is 0 Å². The van der Waals surface area contributed by atoms with Gasteiger partial charge in [-0.15, -0.1) is 0 Å². The van der Waals surface area contributed by atoms with Crippen LogP contribution in [-0.2, 0) is 9.53 Å². The van der Waals surface area contributed by atoms with Gasteiger partial charge in [-0.05, 0) is 32.0 Å². The molecule has 2 rings (SSSR count). The van der Waals surface area contributed by atoms with E-state index in [0.717, 1.165) is 13.1 Å². The minimum Gasteiger partial charge on any atom is -0.495 e. The average Bonchev–Trinajstić information content (AvgIpc) is 2.46. The van der Waals surface area contributed by atoms with Gasteiger partial charge < -0.3 is 20.5 Å². The van der Waals surface area contributed by atoms with Crippen LogP contribution in [0.3, 0.4) is 0 Å². The topological polar surface area (TPSA) is 76.8 Å². The van der Waals surface area contributed by atoms with Crippen LogP contribution in [0.25, 0.3) is 0 Å². The lowest BCUT2D eigenvalue weighted by atomic mass is 10.2. The van der Waals surface area contributed by atoms with E-state index >= 15 is 0 Å². The molecule has 1 aromatic carbocycles. The molecule has 2 unspecified atom stereocenters. The molecule has 1 aliphatic heterocycles. The normalized spacial score (nSPS) is 20.8. The first-order valence-corrected chi connectivity index (χ1v) is 7.11. The molecule has 1 aliphatic rings. The number of carbonyl (C=O) groups is 1. The molecule has 0 aliphatic carbocycles. The Labute approximate surface area is 125 Å². The molecule has 0 spiro atoms. The van der Waals surface area contributed by atoms with E-state index in [1.165, 1.54) is 0 Å². The third-order valence-corrected chi connectivity index (χ3v) is 3.68. The van der Waals surface area contributed by atoms with Crippen LogP contribution < -0.4 is 15.8 Å². The molecule has 1 aromatic rings. The van der Waals surface area contributed by atoms with Gasteiger partial charge in [-0.3, -0.25) is 9.69 Å². The molecule has 6 nitrogen and oxygen atoms in total. The van der Waals surface area contributed by atoms with E-state index in [1.807, 2.05) is 13.8 Å². The maximum atomic E-state index is 12.4. The van der Waals surface area contributed by atoms with E-state index in [0.29, 0.717) is 23.7 Å². The first-order chi connectivity index (χ1) is 10.0. The highest BCUT2D eigenvalue weighted by atomic mass is 16.5. The van der Waals surface area contributed by atoms with Crippen molar-refractivity contribution in [1.29, 1.82) is 0 Å². The Kier molecular flexibility index (Phi) is 5.03. The number of anilines is 2. The molecular weight excluding hydrogens is 270 g/mol. The quantitative estimate of drug-likeness (QED) is 0.819. The predicted molar refractivity (Wildman–Crippen MR) is 82.5 cm³/mol. The van der Waals surface area contributed by atoms with Crippen molar-refractivity contribution in [2.45, 2.75) is 26.0 Å². The van der Waals surface area contributed by atoms with Crippen LogP contribution in [0.4, 0.5) is 11.4 Å². The molecular formula is C15H23N3O3. The van der Waals surface area contributed by atoms with E-state index in [4.69, 9.17) is 15.2 Å². The van der Waals surface area contributed by atoms with Gasteiger partial charge in [-0.25, -0.2) is 0 Å². The summed E-state index contributed by atoms with van der Waals surface area (Å²) in [6.45, 7) is 6.07. The number of ether oxygens (including phenoxy) is 2. The zero-order valence-corrected chi connectivity index (χ0v) is 12.8. The number of carbonyl (C=O) groups excluding carboxylic acids is 1. The van der Waals surface area contributed by atoms with Gasteiger partial charge >= 0.3 is 0 Å². The number of amides is 1. The van der Waals surface area contributed by atoms with Gasteiger partial charge in [0.2, 0.25) is 5.91 Å². The molecule has 0 radical (unpaired) electrons. The molecule has 3 N–H and O–H groups in total. The fourth-order valence-corrected chi connectivity index (χ4v) is 2.42. The molecule has 21 heavy (non-hydrogen) atoms. The average molecular weight is 293 g/mol. The Balaban J connectivity index is 2.05. The van der Waals surface area contributed by atoms with Crippen LogP contribution in [0.1, 0.15) is 13.8 Å². The zero-order chi connectivity index (χ0) is 15.4. The summed E-state index contributed by atoms with van der Waals surface area (Å²) in [6, 6.07) is 4.95. The van der Waals surface area contributed by atoms with Gasteiger partial charge in [-0.2, -0.15) is 0 Å². The lowest BCUT2D eigenvalue weighted by Crippen LogP contribution is -2.50. The summed E-state index contributed by atoms with van der Waals surface area (Å²) >= 11 is 0. The molecule has 1 amide bonds. The van der Waals surface area contributed by atoms with Gasteiger partial charge in [0, 0.05) is 18.8 Å². The second kappa shape index (κ2) is 6.78. The number of nitrogen functional groups attached to an aromatic ring is 1. The number of hydrogen-bond acceptors (Lipinski definition) is 5. The SMILES string of the molecule is COc1ccc(N)cc1NC(=O)C(C)N1CCOC(C)C1. The number of methoxy groups -OCH3 is 1. The maximum absolute atomic E-state index is 12.4. The van der Waals surface area contributed by atoms with E-state index in [2.05, 4.69) is 10.2 Å². The van der Waals surface area contributed by atoms with E-state index in [9.17, 15) is 4.79 Å². The second-order valence-corrected chi connectivity index (χ2v) is 5.30. The Morgan fingerprint density at radius 2 is 2.33 bits per heavy atom. The van der Waals surface area contributed by atoms with Crippen molar-refractivity contribution >= 4 is 17.3 Å². The molecule has 1 fully saturated rings. The monoisotopic (exact) mass is 293 g/mol. The van der Waals surface area contributed by atoms with Gasteiger partial charge in [0.05, 0.1) is 31.5 Å². The Bertz CT molecular complexity index is 507. The maximum Gasteiger partial charge on any atom is 0.241 e. The number of rotatable bonds is 4. The standard InChI is InChI=1S/C15H23N3O3/c1-10-9-18(6-7-21-10)11(2)15(19)17-13-8-12(16)4-5-14(13)20-3/h4-5,8,10-11H,6-7,9,16H2,1-3H3,(H,17,19). The minimum atomic E-state index is -0.234. The number of morpholine rings is 1. The van der Waals surface area contributed by atoms with Crippen molar-refractivity contribution < 1.29 is 14.3 Å². The smallest absolute Gasteiger partial charge is 0.241 e. The molecule has 0 bridgehead atoms. The number of nitrogens with zero attached hydrogens (tertiary/aromatic N) is 1. The number of nitrogens with two attached hydrogens (primary N) is 1. The van der Waals surface area contributed by atoms with Gasteiger partial charge in [0.1, 0.15) is 5.75 Å². The lowest BCUT2D eigenvalue weighted by Gasteiger charge is -2.34. The van der Waals surface area contributed by atoms with Crippen molar-refractivity contribution in [3.05, 3.63) is 18.2 Å². The van der Waals surface area contributed by atoms with E-state index in [-0.39, 0.29) is 18.1 Å². The van der Waals surface area contributed by atoms with Gasteiger partial charge in [0.25, 0.3) is 0 Å².